The monoisotopic (exact) mass is 347 g/mol. The van der Waals surface area contributed by atoms with E-state index >= 15 is 0 Å². The first-order valence-electron chi connectivity index (χ1n) is 8.12. The Morgan fingerprint density at radius 1 is 1.46 bits per heavy atom. The maximum atomic E-state index is 12.9. The molecule has 3 heterocycles. The van der Waals surface area contributed by atoms with Gasteiger partial charge < -0.3 is 15.4 Å². The summed E-state index contributed by atoms with van der Waals surface area (Å²) in [6.07, 6.45) is 1.54. The smallest absolute Gasteiger partial charge is 0.310 e. The lowest BCUT2D eigenvalue weighted by Crippen LogP contribution is -2.42. The first kappa shape index (κ1) is 16.7. The predicted molar refractivity (Wildman–Crippen MR) is 94.0 cm³/mol. The van der Waals surface area contributed by atoms with Crippen LogP contribution >= 0.6 is 11.3 Å². The van der Waals surface area contributed by atoms with Crippen LogP contribution in [0.2, 0.25) is 0 Å². The third kappa shape index (κ3) is 3.08. The maximum absolute atomic E-state index is 12.9. The number of carbonyl (C=O) groups is 2. The molecule has 1 unspecified atom stereocenters. The molecule has 1 fully saturated rings. The minimum atomic E-state index is -0.251. The molecule has 1 aliphatic rings. The van der Waals surface area contributed by atoms with Gasteiger partial charge in [0.2, 0.25) is 0 Å². The highest BCUT2D eigenvalue weighted by atomic mass is 32.1. The van der Waals surface area contributed by atoms with Crippen molar-refractivity contribution in [2.75, 3.05) is 25.4 Å². The van der Waals surface area contributed by atoms with Crippen molar-refractivity contribution >= 4 is 39.1 Å². The highest BCUT2D eigenvalue weighted by Gasteiger charge is 2.31. The van der Waals surface area contributed by atoms with Crippen molar-refractivity contribution < 1.29 is 14.3 Å². The number of fused-ring (bicyclic) bond motifs is 1. The van der Waals surface area contributed by atoms with Crippen molar-refractivity contribution in [1.29, 1.82) is 0 Å². The molecule has 6 nitrogen and oxygen atoms in total. The summed E-state index contributed by atoms with van der Waals surface area (Å²) in [6, 6.07) is 3.79. The van der Waals surface area contributed by atoms with Gasteiger partial charge in [0.1, 0.15) is 9.71 Å². The molecule has 128 valence electrons. The number of nitrogen functional groups attached to an aromatic ring is 1. The zero-order valence-corrected chi connectivity index (χ0v) is 14.7. The van der Waals surface area contributed by atoms with Crippen molar-refractivity contribution in [3.63, 3.8) is 0 Å². The molecular weight excluding hydrogens is 326 g/mol. The van der Waals surface area contributed by atoms with Crippen LogP contribution in [0.4, 0.5) is 5.69 Å². The molecule has 2 N–H and O–H groups in total. The molecule has 2 aromatic rings. The Balaban J connectivity index is 1.83. The molecule has 0 spiro atoms. The molecule has 24 heavy (non-hydrogen) atoms. The summed E-state index contributed by atoms with van der Waals surface area (Å²) in [5.74, 6) is -0.600. The fraction of sp³-hybridized carbons (Fsp3) is 0.471. The number of esters is 1. The van der Waals surface area contributed by atoms with Gasteiger partial charge in [0.25, 0.3) is 5.91 Å². The number of carbonyl (C=O) groups excluding carboxylic acids is 2. The topological polar surface area (TPSA) is 85.5 Å². The Morgan fingerprint density at radius 2 is 2.25 bits per heavy atom. The molecule has 0 aliphatic carbocycles. The van der Waals surface area contributed by atoms with Crippen LogP contribution in [0.5, 0.6) is 0 Å². The first-order chi connectivity index (χ1) is 11.5. The Kier molecular flexibility index (Phi) is 4.71. The minimum absolute atomic E-state index is 0.123. The van der Waals surface area contributed by atoms with E-state index in [0.29, 0.717) is 30.3 Å². The van der Waals surface area contributed by atoms with Gasteiger partial charge in [-0.1, -0.05) is 0 Å². The van der Waals surface area contributed by atoms with Gasteiger partial charge in [-0.3, -0.25) is 9.59 Å². The van der Waals surface area contributed by atoms with E-state index < -0.39 is 0 Å². The van der Waals surface area contributed by atoms with E-state index in [4.69, 9.17) is 10.5 Å². The standard InChI is InChI=1S/C17H21N3O3S/c1-3-23-17(22)11-5-4-8-20(9-11)16(21)14-13(18)12-7-6-10(2)19-15(12)24-14/h6-7,11H,3-5,8-9,18H2,1-2H3. The zero-order valence-electron chi connectivity index (χ0n) is 13.9. The summed E-state index contributed by atoms with van der Waals surface area (Å²) in [4.78, 5) is 32.3. The minimum Gasteiger partial charge on any atom is -0.466 e. The van der Waals surface area contributed by atoms with Crippen LogP contribution < -0.4 is 5.73 Å². The Bertz CT molecular complexity index is 787. The second-order valence-electron chi connectivity index (χ2n) is 5.99. The SMILES string of the molecule is CCOC(=O)C1CCCN(C(=O)c2sc3nc(C)ccc3c2N)C1. The second kappa shape index (κ2) is 6.76. The molecule has 0 saturated carbocycles. The van der Waals surface area contributed by atoms with Crippen molar-refractivity contribution in [2.45, 2.75) is 26.7 Å². The lowest BCUT2D eigenvalue weighted by molar-refractivity contribution is -0.149. The van der Waals surface area contributed by atoms with Crippen molar-refractivity contribution in [3.05, 3.63) is 22.7 Å². The molecule has 3 rings (SSSR count). The summed E-state index contributed by atoms with van der Waals surface area (Å²) in [5, 5.41) is 0.813. The molecule has 0 aromatic carbocycles. The average Bonchev–Trinajstić information content (AvgIpc) is 2.90. The van der Waals surface area contributed by atoms with Crippen LogP contribution in [-0.2, 0) is 9.53 Å². The molecule has 7 heteroatoms. The summed E-state index contributed by atoms with van der Waals surface area (Å²) in [7, 11) is 0. The van der Waals surface area contributed by atoms with E-state index in [1.54, 1.807) is 11.8 Å². The number of likely N-dealkylation sites (tertiary alicyclic amines) is 1. The van der Waals surface area contributed by atoms with Crippen LogP contribution in [0.15, 0.2) is 12.1 Å². The molecule has 1 saturated heterocycles. The maximum Gasteiger partial charge on any atom is 0.310 e. The van der Waals surface area contributed by atoms with Gasteiger partial charge >= 0.3 is 5.97 Å². The van der Waals surface area contributed by atoms with Gasteiger partial charge in [0.05, 0.1) is 18.2 Å². The van der Waals surface area contributed by atoms with E-state index in [9.17, 15) is 9.59 Å². The molecule has 0 bridgehead atoms. The van der Waals surface area contributed by atoms with Gasteiger partial charge in [-0.15, -0.1) is 11.3 Å². The number of hydrogen-bond donors (Lipinski definition) is 1. The lowest BCUT2D eigenvalue weighted by Gasteiger charge is -2.31. The summed E-state index contributed by atoms with van der Waals surface area (Å²) in [5.41, 5.74) is 7.54. The Morgan fingerprint density at radius 3 is 3.00 bits per heavy atom. The molecule has 1 aliphatic heterocycles. The lowest BCUT2D eigenvalue weighted by atomic mass is 9.98. The largest absolute Gasteiger partial charge is 0.466 e. The van der Waals surface area contributed by atoms with E-state index in [-0.39, 0.29) is 17.8 Å². The van der Waals surface area contributed by atoms with E-state index in [0.717, 1.165) is 28.8 Å². The average molecular weight is 347 g/mol. The number of aromatic nitrogens is 1. The first-order valence-corrected chi connectivity index (χ1v) is 8.94. The molecule has 0 radical (unpaired) electrons. The fourth-order valence-corrected chi connectivity index (χ4v) is 4.11. The number of rotatable bonds is 3. The third-order valence-electron chi connectivity index (χ3n) is 4.26. The van der Waals surface area contributed by atoms with Crippen LogP contribution in [0.25, 0.3) is 10.2 Å². The normalized spacial score (nSPS) is 17.9. The van der Waals surface area contributed by atoms with Crippen molar-refractivity contribution in [2.24, 2.45) is 5.92 Å². The summed E-state index contributed by atoms with van der Waals surface area (Å²) < 4.78 is 5.09. The Labute approximate surface area is 144 Å². The third-order valence-corrected chi connectivity index (χ3v) is 5.36. The van der Waals surface area contributed by atoms with Crippen LogP contribution in [0.1, 0.15) is 35.1 Å². The number of nitrogens with two attached hydrogens (primary N) is 1. The number of piperidine rings is 1. The number of ether oxygens (including phenoxy) is 1. The number of nitrogens with zero attached hydrogens (tertiary/aromatic N) is 2. The van der Waals surface area contributed by atoms with Crippen LogP contribution in [0.3, 0.4) is 0 Å². The van der Waals surface area contributed by atoms with E-state index in [1.165, 1.54) is 11.3 Å². The van der Waals surface area contributed by atoms with Gasteiger partial charge in [0, 0.05) is 24.2 Å². The molecule has 1 amide bonds. The van der Waals surface area contributed by atoms with Gasteiger partial charge in [0.15, 0.2) is 0 Å². The van der Waals surface area contributed by atoms with Crippen LogP contribution in [-0.4, -0.2) is 41.5 Å². The number of anilines is 1. The van der Waals surface area contributed by atoms with Gasteiger partial charge in [-0.2, -0.15) is 0 Å². The number of hydrogen-bond acceptors (Lipinski definition) is 6. The molecule has 2 aromatic heterocycles. The van der Waals surface area contributed by atoms with Crippen molar-refractivity contribution in [1.82, 2.24) is 9.88 Å². The van der Waals surface area contributed by atoms with Gasteiger partial charge in [-0.25, -0.2) is 4.98 Å². The van der Waals surface area contributed by atoms with E-state index in [2.05, 4.69) is 4.98 Å². The summed E-state index contributed by atoms with van der Waals surface area (Å²) in [6.45, 7) is 5.08. The van der Waals surface area contributed by atoms with Crippen LogP contribution in [0, 0.1) is 12.8 Å². The second-order valence-corrected chi connectivity index (χ2v) is 6.99. The Hall–Kier alpha value is -2.15. The number of aryl methyl sites for hydroxylation is 1. The zero-order chi connectivity index (χ0) is 17.3. The fourth-order valence-electron chi connectivity index (χ4n) is 3.01. The number of thiophene rings is 1. The number of pyridine rings is 1. The van der Waals surface area contributed by atoms with Gasteiger partial charge in [-0.05, 0) is 38.8 Å². The predicted octanol–water partition coefficient (Wildman–Crippen LogP) is 2.60. The summed E-state index contributed by atoms with van der Waals surface area (Å²) >= 11 is 1.32. The highest BCUT2D eigenvalue weighted by molar-refractivity contribution is 7.21. The van der Waals surface area contributed by atoms with E-state index in [1.807, 2.05) is 19.1 Å². The highest BCUT2D eigenvalue weighted by Crippen LogP contribution is 2.34. The number of amides is 1. The van der Waals surface area contributed by atoms with Crippen molar-refractivity contribution in [3.8, 4) is 0 Å². The quantitative estimate of drug-likeness (QED) is 0.863. The molecule has 1 atom stereocenters. The molecular formula is C17H21N3O3S.